The highest BCUT2D eigenvalue weighted by molar-refractivity contribution is 5.78. The van der Waals surface area contributed by atoms with Crippen molar-refractivity contribution in [3.05, 3.63) is 0 Å². The van der Waals surface area contributed by atoms with E-state index < -0.39 is 11.5 Å². The van der Waals surface area contributed by atoms with Crippen molar-refractivity contribution in [2.45, 2.75) is 46.1 Å². The molecule has 3 nitrogen and oxygen atoms in total. The lowest BCUT2D eigenvalue weighted by molar-refractivity contribution is -0.144. The van der Waals surface area contributed by atoms with Crippen molar-refractivity contribution < 1.29 is 9.90 Å². The molecule has 0 saturated heterocycles. The van der Waals surface area contributed by atoms with E-state index in [1.54, 1.807) is 6.92 Å². The SMILES string of the molecule is CCC(C)(NCCC(C)C)C(=O)O. The van der Waals surface area contributed by atoms with Crippen LogP contribution in [0.2, 0.25) is 0 Å². The minimum absolute atomic E-state index is 0.612. The summed E-state index contributed by atoms with van der Waals surface area (Å²) in [5.74, 6) is -0.152. The quantitative estimate of drug-likeness (QED) is 0.667. The first kappa shape index (κ1) is 12.4. The molecule has 78 valence electrons. The Labute approximate surface area is 80.5 Å². The fourth-order valence-electron chi connectivity index (χ4n) is 0.989. The van der Waals surface area contributed by atoms with E-state index in [4.69, 9.17) is 5.11 Å². The molecule has 0 fully saturated rings. The third kappa shape index (κ3) is 4.27. The van der Waals surface area contributed by atoms with Crippen LogP contribution in [-0.2, 0) is 4.79 Å². The van der Waals surface area contributed by atoms with Crippen LogP contribution in [-0.4, -0.2) is 23.2 Å². The summed E-state index contributed by atoms with van der Waals surface area (Å²) in [5, 5.41) is 12.0. The molecule has 0 aromatic carbocycles. The third-order valence-electron chi connectivity index (χ3n) is 2.42. The van der Waals surface area contributed by atoms with Crippen LogP contribution < -0.4 is 5.32 Å². The maximum absolute atomic E-state index is 10.9. The summed E-state index contributed by atoms with van der Waals surface area (Å²) in [7, 11) is 0. The molecule has 0 heterocycles. The molecule has 0 spiro atoms. The first-order valence-corrected chi connectivity index (χ1v) is 4.90. The van der Waals surface area contributed by atoms with Crippen molar-refractivity contribution in [3.8, 4) is 0 Å². The fourth-order valence-corrected chi connectivity index (χ4v) is 0.989. The van der Waals surface area contributed by atoms with Crippen molar-refractivity contribution in [3.63, 3.8) is 0 Å². The smallest absolute Gasteiger partial charge is 0.323 e. The van der Waals surface area contributed by atoms with E-state index in [1.165, 1.54) is 0 Å². The minimum Gasteiger partial charge on any atom is -0.480 e. The molecule has 0 aromatic heterocycles. The van der Waals surface area contributed by atoms with E-state index in [0.29, 0.717) is 12.3 Å². The van der Waals surface area contributed by atoms with Gasteiger partial charge in [0.1, 0.15) is 5.54 Å². The standard InChI is InChI=1S/C10H21NO2/c1-5-10(4,9(12)13)11-7-6-8(2)3/h8,11H,5-7H2,1-4H3,(H,12,13). The maximum atomic E-state index is 10.9. The van der Waals surface area contributed by atoms with Crippen LogP contribution >= 0.6 is 0 Å². The lowest BCUT2D eigenvalue weighted by Gasteiger charge is -2.25. The predicted molar refractivity (Wildman–Crippen MR) is 53.8 cm³/mol. The lowest BCUT2D eigenvalue weighted by atomic mass is 9.98. The molecule has 0 amide bonds. The zero-order valence-electron chi connectivity index (χ0n) is 9.05. The summed E-state index contributed by atoms with van der Waals surface area (Å²) in [6, 6.07) is 0. The van der Waals surface area contributed by atoms with E-state index >= 15 is 0 Å². The minimum atomic E-state index is -0.765. The van der Waals surface area contributed by atoms with Crippen LogP contribution in [0.25, 0.3) is 0 Å². The van der Waals surface area contributed by atoms with E-state index in [9.17, 15) is 4.79 Å². The summed E-state index contributed by atoms with van der Waals surface area (Å²) in [4.78, 5) is 10.9. The molecule has 0 radical (unpaired) electrons. The van der Waals surface area contributed by atoms with Gasteiger partial charge in [-0.15, -0.1) is 0 Å². The van der Waals surface area contributed by atoms with Crippen molar-refractivity contribution in [2.75, 3.05) is 6.54 Å². The fraction of sp³-hybridized carbons (Fsp3) is 0.900. The summed E-state index contributed by atoms with van der Waals surface area (Å²) >= 11 is 0. The van der Waals surface area contributed by atoms with Gasteiger partial charge in [0.2, 0.25) is 0 Å². The molecule has 1 atom stereocenters. The molecule has 13 heavy (non-hydrogen) atoms. The Morgan fingerprint density at radius 1 is 1.54 bits per heavy atom. The van der Waals surface area contributed by atoms with Crippen LogP contribution in [0.5, 0.6) is 0 Å². The summed E-state index contributed by atoms with van der Waals surface area (Å²) in [6.07, 6.45) is 1.63. The number of aliphatic carboxylic acids is 1. The van der Waals surface area contributed by atoms with Gasteiger partial charge in [0.15, 0.2) is 0 Å². The molecule has 0 bridgehead atoms. The van der Waals surface area contributed by atoms with Crippen molar-refractivity contribution >= 4 is 5.97 Å². The number of hydrogen-bond acceptors (Lipinski definition) is 2. The average molecular weight is 187 g/mol. The van der Waals surface area contributed by atoms with Gasteiger partial charge in [0.05, 0.1) is 0 Å². The summed E-state index contributed by atoms with van der Waals surface area (Å²) < 4.78 is 0. The van der Waals surface area contributed by atoms with Crippen LogP contribution in [0, 0.1) is 5.92 Å². The molecule has 0 rings (SSSR count). The highest BCUT2D eigenvalue weighted by Gasteiger charge is 2.29. The molecule has 0 aliphatic rings. The Morgan fingerprint density at radius 2 is 2.08 bits per heavy atom. The highest BCUT2D eigenvalue weighted by Crippen LogP contribution is 2.09. The molecule has 0 aliphatic heterocycles. The zero-order chi connectivity index (χ0) is 10.5. The van der Waals surface area contributed by atoms with Gasteiger partial charge >= 0.3 is 5.97 Å². The lowest BCUT2D eigenvalue weighted by Crippen LogP contribution is -2.49. The average Bonchev–Trinajstić information content (AvgIpc) is 2.03. The van der Waals surface area contributed by atoms with E-state index in [1.807, 2.05) is 6.92 Å². The third-order valence-corrected chi connectivity index (χ3v) is 2.42. The normalized spacial score (nSPS) is 15.8. The van der Waals surface area contributed by atoms with E-state index in [2.05, 4.69) is 19.2 Å². The highest BCUT2D eigenvalue weighted by atomic mass is 16.4. The Bertz CT molecular complexity index is 168. The van der Waals surface area contributed by atoms with Gasteiger partial charge in [-0.2, -0.15) is 0 Å². The molecule has 0 aliphatic carbocycles. The Balaban J connectivity index is 3.92. The summed E-state index contributed by atoms with van der Waals surface area (Å²) in [6.45, 7) is 8.65. The molecule has 0 aromatic rings. The van der Waals surface area contributed by atoms with Crippen LogP contribution in [0.3, 0.4) is 0 Å². The first-order chi connectivity index (χ1) is 5.92. The van der Waals surface area contributed by atoms with Gasteiger partial charge < -0.3 is 10.4 Å². The molecular weight excluding hydrogens is 166 g/mol. The van der Waals surface area contributed by atoms with Crippen molar-refractivity contribution in [1.82, 2.24) is 5.32 Å². The number of carboxylic acid groups (broad SMARTS) is 1. The first-order valence-electron chi connectivity index (χ1n) is 4.90. The van der Waals surface area contributed by atoms with Crippen LogP contribution in [0.1, 0.15) is 40.5 Å². The number of rotatable bonds is 6. The molecule has 0 saturated carbocycles. The number of hydrogen-bond donors (Lipinski definition) is 2. The summed E-state index contributed by atoms with van der Waals surface area (Å²) in [5.41, 5.74) is -0.755. The maximum Gasteiger partial charge on any atom is 0.323 e. The van der Waals surface area contributed by atoms with Crippen LogP contribution in [0.4, 0.5) is 0 Å². The van der Waals surface area contributed by atoms with Gasteiger partial charge in [0, 0.05) is 0 Å². The second-order valence-corrected chi connectivity index (χ2v) is 4.10. The number of nitrogens with one attached hydrogen (secondary N) is 1. The topological polar surface area (TPSA) is 49.3 Å². The monoisotopic (exact) mass is 187 g/mol. The van der Waals surface area contributed by atoms with E-state index in [-0.39, 0.29) is 0 Å². The van der Waals surface area contributed by atoms with Gasteiger partial charge in [-0.05, 0) is 32.2 Å². The zero-order valence-corrected chi connectivity index (χ0v) is 9.05. The molecule has 3 heteroatoms. The largest absolute Gasteiger partial charge is 0.480 e. The van der Waals surface area contributed by atoms with Crippen molar-refractivity contribution in [1.29, 1.82) is 0 Å². The Morgan fingerprint density at radius 3 is 2.38 bits per heavy atom. The molecule has 2 N–H and O–H groups in total. The van der Waals surface area contributed by atoms with Crippen molar-refractivity contribution in [2.24, 2.45) is 5.92 Å². The van der Waals surface area contributed by atoms with Gasteiger partial charge in [-0.3, -0.25) is 4.79 Å². The predicted octanol–water partition coefficient (Wildman–Crippen LogP) is 1.88. The van der Waals surface area contributed by atoms with Gasteiger partial charge in [0.25, 0.3) is 0 Å². The number of carbonyl (C=O) groups is 1. The van der Waals surface area contributed by atoms with Gasteiger partial charge in [-0.1, -0.05) is 20.8 Å². The molecular formula is C10H21NO2. The Kier molecular flexibility index (Phi) is 4.99. The second-order valence-electron chi connectivity index (χ2n) is 4.10. The molecule has 1 unspecified atom stereocenters. The second kappa shape index (κ2) is 5.22. The van der Waals surface area contributed by atoms with E-state index in [0.717, 1.165) is 13.0 Å². The Hall–Kier alpha value is -0.570. The van der Waals surface area contributed by atoms with Gasteiger partial charge in [-0.25, -0.2) is 0 Å². The van der Waals surface area contributed by atoms with Crippen LogP contribution in [0.15, 0.2) is 0 Å². The number of carboxylic acids is 1.